The third kappa shape index (κ3) is 3.71. The normalized spacial score (nSPS) is 16.0. The van der Waals surface area contributed by atoms with Crippen molar-refractivity contribution >= 4 is 28.9 Å². The number of Topliss-reactive ketones (excluding diaryl/α,β-unsaturated/α-hetero) is 1. The van der Waals surface area contributed by atoms with Crippen LogP contribution in [0.25, 0.3) is 11.1 Å². The summed E-state index contributed by atoms with van der Waals surface area (Å²) < 4.78 is 5.76. The molecule has 2 heterocycles. The molecule has 3 aromatic carbocycles. The van der Waals surface area contributed by atoms with Crippen molar-refractivity contribution in [3.05, 3.63) is 107 Å². The van der Waals surface area contributed by atoms with Crippen molar-refractivity contribution in [2.24, 2.45) is 4.99 Å². The highest BCUT2D eigenvalue weighted by atomic mass is 16.4. The van der Waals surface area contributed by atoms with E-state index in [1.54, 1.807) is 0 Å². The molecule has 0 saturated carbocycles. The van der Waals surface area contributed by atoms with E-state index in [1.165, 1.54) is 0 Å². The quantitative estimate of drug-likeness (QED) is 0.460. The van der Waals surface area contributed by atoms with E-state index < -0.39 is 6.04 Å². The van der Waals surface area contributed by atoms with Crippen molar-refractivity contribution in [1.29, 1.82) is 0 Å². The fourth-order valence-corrected chi connectivity index (χ4v) is 3.68. The van der Waals surface area contributed by atoms with Gasteiger partial charge in [0, 0.05) is 16.8 Å². The maximum atomic E-state index is 13.4. The number of nitrogens with zero attached hydrogens (tertiary/aromatic N) is 2. The first-order valence-corrected chi connectivity index (χ1v) is 10.0. The molecule has 0 fully saturated rings. The van der Waals surface area contributed by atoms with Crippen molar-refractivity contribution in [2.75, 3.05) is 5.32 Å². The van der Waals surface area contributed by atoms with Gasteiger partial charge in [0.25, 0.3) is 0 Å². The van der Waals surface area contributed by atoms with Crippen LogP contribution in [0, 0.1) is 0 Å². The number of ketones is 1. The van der Waals surface area contributed by atoms with Gasteiger partial charge in [-0.05, 0) is 24.6 Å². The van der Waals surface area contributed by atoms with Crippen LogP contribution in [-0.4, -0.2) is 16.7 Å². The van der Waals surface area contributed by atoms with Crippen LogP contribution in [0.15, 0.2) is 106 Å². The summed E-state index contributed by atoms with van der Waals surface area (Å²) in [6.45, 7) is 1.88. The zero-order valence-corrected chi connectivity index (χ0v) is 16.9. The average molecular weight is 408 g/mol. The summed E-state index contributed by atoms with van der Waals surface area (Å²) in [5, 5.41) is 6.32. The zero-order valence-electron chi connectivity index (χ0n) is 16.9. The minimum Gasteiger partial charge on any atom is -0.423 e. The Hall–Kier alpha value is -4.19. The molecule has 4 aromatic rings. The number of carbonyl (C=O) groups excluding carboxylic acids is 1. The van der Waals surface area contributed by atoms with Crippen LogP contribution >= 0.6 is 0 Å². The van der Waals surface area contributed by atoms with Gasteiger partial charge in [0.05, 0.1) is 0 Å². The number of benzene rings is 3. The first kappa shape index (κ1) is 18.8. The Morgan fingerprint density at radius 3 is 2.35 bits per heavy atom. The summed E-state index contributed by atoms with van der Waals surface area (Å²) in [5.41, 5.74) is 4.35. The molecule has 6 nitrogen and oxygen atoms in total. The number of aromatic nitrogens is 1. The number of para-hydroxylation sites is 2. The summed E-state index contributed by atoms with van der Waals surface area (Å²) in [6, 6.07) is 26.5. The standard InChI is InChI=1S/C25H20N4O2/c1-16-21(23(30)18-12-6-3-7-13-18)22(17-10-4-2-5-11-17)28-24(26-16)29-25-27-19-14-8-9-15-20(19)31-25/h2-15,22H,1H3,(H2,26,27,28,29)/t22-/m0/s1. The van der Waals surface area contributed by atoms with Crippen LogP contribution < -0.4 is 10.6 Å². The van der Waals surface area contributed by atoms with E-state index in [-0.39, 0.29) is 5.78 Å². The Labute approximate surface area is 179 Å². The second kappa shape index (κ2) is 7.91. The minimum atomic E-state index is -0.456. The number of allylic oxidation sites excluding steroid dienone is 1. The third-order valence-electron chi connectivity index (χ3n) is 5.16. The lowest BCUT2D eigenvalue weighted by Crippen LogP contribution is -2.36. The Morgan fingerprint density at radius 2 is 1.61 bits per heavy atom. The molecule has 1 aromatic heterocycles. The molecule has 0 amide bonds. The monoisotopic (exact) mass is 408 g/mol. The van der Waals surface area contributed by atoms with Gasteiger partial charge in [0.15, 0.2) is 11.4 Å². The number of nitrogens with one attached hydrogen (secondary N) is 2. The summed E-state index contributed by atoms with van der Waals surface area (Å²) in [4.78, 5) is 22.6. The summed E-state index contributed by atoms with van der Waals surface area (Å²) in [5.74, 6) is 0.423. The molecule has 1 aliphatic heterocycles. The molecule has 0 radical (unpaired) electrons. The number of anilines is 1. The van der Waals surface area contributed by atoms with Crippen LogP contribution in [0.2, 0.25) is 0 Å². The largest absolute Gasteiger partial charge is 0.423 e. The molecule has 0 aliphatic carbocycles. The Balaban J connectivity index is 1.52. The first-order valence-electron chi connectivity index (χ1n) is 10.0. The van der Waals surface area contributed by atoms with Crippen LogP contribution in [-0.2, 0) is 0 Å². The van der Waals surface area contributed by atoms with Crippen molar-refractivity contribution in [3.63, 3.8) is 0 Å². The second-order valence-corrected chi connectivity index (χ2v) is 7.26. The molecule has 0 unspecified atom stereocenters. The minimum absolute atomic E-state index is 0.0517. The molecule has 0 saturated heterocycles. The van der Waals surface area contributed by atoms with E-state index in [2.05, 4.69) is 15.6 Å². The highest BCUT2D eigenvalue weighted by Gasteiger charge is 2.30. The van der Waals surface area contributed by atoms with Crippen LogP contribution in [0.1, 0.15) is 28.9 Å². The van der Waals surface area contributed by atoms with Crippen molar-refractivity contribution in [1.82, 2.24) is 10.3 Å². The number of rotatable bonds is 4. The number of hydrogen-bond acceptors (Lipinski definition) is 6. The predicted molar refractivity (Wildman–Crippen MR) is 121 cm³/mol. The van der Waals surface area contributed by atoms with Crippen molar-refractivity contribution in [2.45, 2.75) is 13.0 Å². The number of fused-ring (bicyclic) bond motifs is 1. The Morgan fingerprint density at radius 1 is 0.935 bits per heavy atom. The lowest BCUT2D eigenvalue weighted by molar-refractivity contribution is 0.102. The fourth-order valence-electron chi connectivity index (χ4n) is 3.68. The van der Waals surface area contributed by atoms with Gasteiger partial charge in [-0.3, -0.25) is 10.1 Å². The van der Waals surface area contributed by atoms with E-state index in [1.807, 2.05) is 91.9 Å². The molecule has 152 valence electrons. The number of oxazole rings is 1. The first-order chi connectivity index (χ1) is 15.2. The van der Waals surface area contributed by atoms with E-state index in [0.29, 0.717) is 28.7 Å². The molecule has 1 atom stereocenters. The number of hydrogen-bond donors (Lipinski definition) is 2. The van der Waals surface area contributed by atoms with Gasteiger partial charge >= 0.3 is 6.01 Å². The smallest absolute Gasteiger partial charge is 0.302 e. The molecule has 6 heteroatoms. The number of carbonyl (C=O) groups is 1. The van der Waals surface area contributed by atoms with Gasteiger partial charge < -0.3 is 9.73 Å². The van der Waals surface area contributed by atoms with E-state index in [9.17, 15) is 4.79 Å². The Bertz CT molecular complexity index is 1270. The molecular formula is C25H20N4O2. The predicted octanol–water partition coefficient (Wildman–Crippen LogP) is 5.10. The fraction of sp³-hybridized carbons (Fsp3) is 0.0800. The lowest BCUT2D eigenvalue weighted by Gasteiger charge is -2.26. The second-order valence-electron chi connectivity index (χ2n) is 7.26. The van der Waals surface area contributed by atoms with Crippen LogP contribution in [0.3, 0.4) is 0 Å². The zero-order chi connectivity index (χ0) is 21.2. The highest BCUT2D eigenvalue weighted by molar-refractivity contribution is 6.11. The van der Waals surface area contributed by atoms with E-state index in [4.69, 9.17) is 9.41 Å². The van der Waals surface area contributed by atoms with Gasteiger partial charge in [-0.15, -0.1) is 0 Å². The van der Waals surface area contributed by atoms with Gasteiger partial charge in [-0.1, -0.05) is 72.8 Å². The Kier molecular flexibility index (Phi) is 4.80. The highest BCUT2D eigenvalue weighted by Crippen LogP contribution is 2.33. The van der Waals surface area contributed by atoms with Gasteiger partial charge in [0.2, 0.25) is 5.96 Å². The number of guanidine groups is 1. The van der Waals surface area contributed by atoms with Crippen molar-refractivity contribution < 1.29 is 9.21 Å². The molecular weight excluding hydrogens is 388 g/mol. The molecule has 1 aliphatic rings. The number of aliphatic imine (C=N–C) groups is 1. The van der Waals surface area contributed by atoms with E-state index in [0.717, 1.165) is 16.8 Å². The summed E-state index contributed by atoms with van der Waals surface area (Å²) >= 11 is 0. The van der Waals surface area contributed by atoms with Crippen molar-refractivity contribution in [3.8, 4) is 0 Å². The maximum absolute atomic E-state index is 13.4. The SMILES string of the molecule is CC1=C(C(=O)c2ccccc2)[C@H](c2ccccc2)N=C(Nc2nc3ccccc3o2)N1. The molecule has 0 spiro atoms. The molecule has 0 bridgehead atoms. The summed E-state index contributed by atoms with van der Waals surface area (Å²) in [6.07, 6.45) is 0. The van der Waals surface area contributed by atoms with Gasteiger partial charge in [-0.2, -0.15) is 4.98 Å². The average Bonchev–Trinajstić information content (AvgIpc) is 3.22. The van der Waals surface area contributed by atoms with Crippen LogP contribution in [0.4, 0.5) is 6.01 Å². The van der Waals surface area contributed by atoms with Gasteiger partial charge in [-0.25, -0.2) is 4.99 Å². The summed E-state index contributed by atoms with van der Waals surface area (Å²) in [7, 11) is 0. The van der Waals surface area contributed by atoms with Gasteiger partial charge in [0.1, 0.15) is 11.6 Å². The molecule has 2 N–H and O–H groups in total. The molecule has 31 heavy (non-hydrogen) atoms. The lowest BCUT2D eigenvalue weighted by atomic mass is 9.90. The third-order valence-corrected chi connectivity index (χ3v) is 5.16. The maximum Gasteiger partial charge on any atom is 0.302 e. The molecule has 5 rings (SSSR count). The topological polar surface area (TPSA) is 79.5 Å². The van der Waals surface area contributed by atoms with Crippen LogP contribution in [0.5, 0.6) is 0 Å². The van der Waals surface area contributed by atoms with E-state index >= 15 is 0 Å².